The van der Waals surface area contributed by atoms with Gasteiger partial charge in [-0.25, -0.2) is 4.68 Å². The highest BCUT2D eigenvalue weighted by molar-refractivity contribution is 7.80. The first kappa shape index (κ1) is 9.06. The first-order valence-electron chi connectivity index (χ1n) is 3.53. The van der Waals surface area contributed by atoms with Gasteiger partial charge >= 0.3 is 0 Å². The molecular weight excluding hydrogens is 172 g/mol. The van der Waals surface area contributed by atoms with Crippen molar-refractivity contribution >= 4 is 12.6 Å². The highest BCUT2D eigenvalue weighted by Crippen LogP contribution is 1.94. The lowest BCUT2D eigenvalue weighted by atomic mass is 10.3. The Morgan fingerprint density at radius 1 is 1.75 bits per heavy atom. The van der Waals surface area contributed by atoms with Crippen LogP contribution >= 0.6 is 12.6 Å². The summed E-state index contributed by atoms with van der Waals surface area (Å²) in [5, 5.41) is 3.88. The zero-order valence-electron chi connectivity index (χ0n) is 6.60. The average Bonchev–Trinajstić information content (AvgIpc) is 2.09. The van der Waals surface area contributed by atoms with Crippen LogP contribution in [-0.4, -0.2) is 15.5 Å². The number of hydrogen-bond acceptors (Lipinski definition) is 3. The molecular formula is C8H10N2OS. The van der Waals surface area contributed by atoms with E-state index in [1.165, 1.54) is 10.7 Å². The van der Waals surface area contributed by atoms with Crippen molar-refractivity contribution in [2.45, 2.75) is 6.54 Å². The zero-order chi connectivity index (χ0) is 8.97. The Bertz CT molecular complexity index is 332. The van der Waals surface area contributed by atoms with Crippen molar-refractivity contribution < 1.29 is 0 Å². The van der Waals surface area contributed by atoms with Crippen molar-refractivity contribution in [3.8, 4) is 0 Å². The van der Waals surface area contributed by atoms with Crippen molar-refractivity contribution in [2.75, 3.05) is 5.75 Å². The highest BCUT2D eigenvalue weighted by atomic mass is 32.1. The minimum absolute atomic E-state index is 0.111. The maximum atomic E-state index is 11.1. The van der Waals surface area contributed by atoms with E-state index < -0.39 is 0 Å². The number of nitrogens with zero attached hydrogens (tertiary/aromatic N) is 2. The lowest BCUT2D eigenvalue weighted by Crippen LogP contribution is -2.22. The smallest absolute Gasteiger partial charge is 0.267 e. The third-order valence-corrected chi connectivity index (χ3v) is 1.83. The van der Waals surface area contributed by atoms with E-state index in [-0.39, 0.29) is 5.56 Å². The molecule has 0 atom stereocenters. The van der Waals surface area contributed by atoms with Gasteiger partial charge in [0.25, 0.3) is 5.56 Å². The van der Waals surface area contributed by atoms with E-state index in [4.69, 9.17) is 0 Å². The first-order valence-corrected chi connectivity index (χ1v) is 4.17. The van der Waals surface area contributed by atoms with E-state index in [1.54, 1.807) is 12.3 Å². The van der Waals surface area contributed by atoms with E-state index in [0.29, 0.717) is 12.3 Å². The maximum absolute atomic E-state index is 11.1. The Labute approximate surface area is 76.1 Å². The van der Waals surface area contributed by atoms with E-state index in [2.05, 4.69) is 24.3 Å². The van der Waals surface area contributed by atoms with Gasteiger partial charge in [-0.3, -0.25) is 4.79 Å². The predicted molar refractivity (Wildman–Crippen MR) is 51.5 cm³/mol. The molecule has 1 rings (SSSR count). The molecule has 0 aliphatic heterocycles. The summed E-state index contributed by atoms with van der Waals surface area (Å²) in [5.74, 6) is 0.572. The Hall–Kier alpha value is -1.03. The van der Waals surface area contributed by atoms with Crippen LogP contribution in [0, 0.1) is 0 Å². The van der Waals surface area contributed by atoms with Crippen LogP contribution in [0.5, 0.6) is 0 Å². The fourth-order valence-corrected chi connectivity index (χ4v) is 0.868. The van der Waals surface area contributed by atoms with Gasteiger partial charge in [0, 0.05) is 18.0 Å². The number of rotatable bonds is 3. The molecule has 0 saturated heterocycles. The van der Waals surface area contributed by atoms with Crippen molar-refractivity contribution in [3.05, 3.63) is 40.8 Å². The first-order chi connectivity index (χ1) is 5.74. The minimum Gasteiger partial charge on any atom is -0.268 e. The summed E-state index contributed by atoms with van der Waals surface area (Å²) in [5.41, 5.74) is 0.763. The van der Waals surface area contributed by atoms with Crippen LogP contribution in [0.4, 0.5) is 0 Å². The fraction of sp³-hybridized carbons (Fsp3) is 0.250. The van der Waals surface area contributed by atoms with Gasteiger partial charge in [-0.1, -0.05) is 6.58 Å². The summed E-state index contributed by atoms with van der Waals surface area (Å²) in [6.45, 7) is 4.18. The molecule has 1 aromatic heterocycles. The van der Waals surface area contributed by atoms with Crippen LogP contribution in [0.25, 0.3) is 0 Å². The third kappa shape index (κ3) is 2.23. The largest absolute Gasteiger partial charge is 0.268 e. The second kappa shape index (κ2) is 4.11. The fourth-order valence-electron chi connectivity index (χ4n) is 0.768. The molecule has 0 aliphatic carbocycles. The van der Waals surface area contributed by atoms with Gasteiger partial charge in [-0.2, -0.15) is 17.7 Å². The Kier molecular flexibility index (Phi) is 3.10. The summed E-state index contributed by atoms with van der Waals surface area (Å²) < 4.78 is 1.36. The van der Waals surface area contributed by atoms with Crippen LogP contribution in [0.1, 0.15) is 0 Å². The molecule has 64 valence electrons. The minimum atomic E-state index is -0.111. The van der Waals surface area contributed by atoms with Gasteiger partial charge in [-0.05, 0) is 11.6 Å². The molecule has 0 aromatic carbocycles. The van der Waals surface area contributed by atoms with Gasteiger partial charge in [0.05, 0.1) is 6.54 Å². The third-order valence-electron chi connectivity index (χ3n) is 1.38. The van der Waals surface area contributed by atoms with Gasteiger partial charge in [-0.15, -0.1) is 0 Å². The lowest BCUT2D eigenvalue weighted by molar-refractivity contribution is 0.633. The van der Waals surface area contributed by atoms with E-state index in [0.717, 1.165) is 5.57 Å². The lowest BCUT2D eigenvalue weighted by Gasteiger charge is -2.02. The molecule has 0 N–H and O–H groups in total. The molecule has 0 spiro atoms. The molecule has 12 heavy (non-hydrogen) atoms. The summed E-state index contributed by atoms with van der Waals surface area (Å²) >= 11 is 4.04. The van der Waals surface area contributed by atoms with Crippen molar-refractivity contribution in [1.82, 2.24) is 9.78 Å². The summed E-state index contributed by atoms with van der Waals surface area (Å²) in [7, 11) is 0. The van der Waals surface area contributed by atoms with E-state index >= 15 is 0 Å². The molecule has 0 amide bonds. The number of thiol groups is 1. The molecule has 4 heteroatoms. The van der Waals surface area contributed by atoms with Crippen molar-refractivity contribution in [3.63, 3.8) is 0 Å². The van der Waals surface area contributed by atoms with Crippen LogP contribution in [0.3, 0.4) is 0 Å². The Morgan fingerprint density at radius 2 is 2.50 bits per heavy atom. The van der Waals surface area contributed by atoms with Gasteiger partial charge in [0.1, 0.15) is 0 Å². The monoisotopic (exact) mass is 182 g/mol. The Morgan fingerprint density at radius 3 is 3.08 bits per heavy atom. The quantitative estimate of drug-likeness (QED) is 0.552. The average molecular weight is 182 g/mol. The molecule has 1 heterocycles. The predicted octanol–water partition coefficient (Wildman–Crippen LogP) is 0.729. The maximum Gasteiger partial charge on any atom is 0.267 e. The summed E-state index contributed by atoms with van der Waals surface area (Å²) in [4.78, 5) is 11.1. The second-order valence-electron chi connectivity index (χ2n) is 2.43. The molecule has 1 aromatic rings. The zero-order valence-corrected chi connectivity index (χ0v) is 7.50. The SMILES string of the molecule is C=C(CS)Cn1ncccc1=O. The van der Waals surface area contributed by atoms with Crippen LogP contribution in [0.2, 0.25) is 0 Å². The highest BCUT2D eigenvalue weighted by Gasteiger charge is 1.96. The molecule has 0 fully saturated rings. The van der Waals surface area contributed by atoms with Gasteiger partial charge in [0.15, 0.2) is 0 Å². The standard InChI is InChI=1S/C8H10N2OS/c1-7(6-12)5-10-8(11)3-2-4-9-10/h2-4,12H,1,5-6H2. The van der Waals surface area contributed by atoms with Gasteiger partial charge < -0.3 is 0 Å². The summed E-state index contributed by atoms with van der Waals surface area (Å²) in [6, 6.07) is 3.08. The Balaban J connectivity index is 2.83. The molecule has 0 bridgehead atoms. The van der Waals surface area contributed by atoms with Gasteiger partial charge in [0.2, 0.25) is 0 Å². The number of aromatic nitrogens is 2. The van der Waals surface area contributed by atoms with Crippen LogP contribution < -0.4 is 5.56 Å². The molecule has 0 unspecified atom stereocenters. The number of hydrogen-bond donors (Lipinski definition) is 1. The molecule has 0 saturated carbocycles. The molecule has 3 nitrogen and oxygen atoms in total. The van der Waals surface area contributed by atoms with Crippen LogP contribution in [0.15, 0.2) is 35.3 Å². The summed E-state index contributed by atoms with van der Waals surface area (Å²) in [6.07, 6.45) is 1.58. The molecule has 0 aliphatic rings. The molecule has 0 radical (unpaired) electrons. The second-order valence-corrected chi connectivity index (χ2v) is 2.74. The normalized spacial score (nSPS) is 9.75. The van der Waals surface area contributed by atoms with Crippen LogP contribution in [-0.2, 0) is 6.54 Å². The van der Waals surface area contributed by atoms with E-state index in [1.807, 2.05) is 0 Å². The topological polar surface area (TPSA) is 34.9 Å². The van der Waals surface area contributed by atoms with Crippen molar-refractivity contribution in [2.24, 2.45) is 0 Å². The van der Waals surface area contributed by atoms with E-state index in [9.17, 15) is 4.79 Å². The van der Waals surface area contributed by atoms with Crippen molar-refractivity contribution in [1.29, 1.82) is 0 Å².